The molecule has 0 saturated heterocycles. The third kappa shape index (κ3) is 24.6. The normalized spacial score (nSPS) is 16.5. The van der Waals surface area contributed by atoms with Gasteiger partial charge in [0.15, 0.2) is 0 Å². The Labute approximate surface area is 220 Å². The van der Waals surface area contributed by atoms with Crippen LogP contribution in [0, 0.1) is 0 Å². The largest absolute Gasteiger partial charge is 0.472 e. The lowest BCUT2D eigenvalue weighted by molar-refractivity contribution is -0.870. The molecule has 0 aromatic heterocycles. The summed E-state index contributed by atoms with van der Waals surface area (Å²) in [6.45, 7) is 2.38. The van der Waals surface area contributed by atoms with E-state index < -0.39 is 26.6 Å². The molecule has 2 unspecified atom stereocenters. The average molecular weight is 531 g/mol. The summed E-state index contributed by atoms with van der Waals surface area (Å²) in [5, 5.41) is 20.0. The predicted molar refractivity (Wildman–Crippen MR) is 150 cm³/mol. The van der Waals surface area contributed by atoms with Crippen LogP contribution in [-0.4, -0.2) is 72.7 Å². The third-order valence-corrected chi connectivity index (χ3v) is 6.43. The number of hydrogen-bond acceptors (Lipinski definition) is 5. The van der Waals surface area contributed by atoms with Crippen LogP contribution in [0.25, 0.3) is 0 Å². The molecule has 36 heavy (non-hydrogen) atoms. The molecule has 0 aliphatic carbocycles. The van der Waals surface area contributed by atoms with E-state index in [1.807, 2.05) is 21.1 Å². The second-order valence-electron chi connectivity index (χ2n) is 10.1. The van der Waals surface area contributed by atoms with Crippen molar-refractivity contribution in [1.82, 2.24) is 0 Å². The van der Waals surface area contributed by atoms with Gasteiger partial charge in [0.1, 0.15) is 19.3 Å². The van der Waals surface area contributed by atoms with Crippen LogP contribution in [0.2, 0.25) is 0 Å². The van der Waals surface area contributed by atoms with E-state index in [1.54, 1.807) is 0 Å². The summed E-state index contributed by atoms with van der Waals surface area (Å²) >= 11 is 0. The fourth-order valence-electron chi connectivity index (χ4n) is 3.12. The van der Waals surface area contributed by atoms with E-state index in [4.69, 9.17) is 9.05 Å². The summed E-state index contributed by atoms with van der Waals surface area (Å²) in [7, 11) is 1.58. The van der Waals surface area contributed by atoms with Gasteiger partial charge in [-0.1, -0.05) is 74.8 Å². The standard InChI is InChI=1S/C28H52NO6P/c1-5-6-7-8-9-10-11-12-13-14-15-16-17-18-19-20-21-22-23-27(30)28(31)26-35-36(32,33)34-25-24-29(2,3)4/h9-10,12-13,15-16,18-19,27-28,30-31H,5-8,11,14,17,20-26H2,1-4H3/p+1/t27?,28-/m0/s1. The molecule has 7 nitrogen and oxygen atoms in total. The SMILES string of the molecule is CCCCCC=CCC=CCC=CCC=CCCCCC(O)[C@@H](O)COP(=O)(O)OCC[N+](C)(C)C. The Morgan fingerprint density at radius 1 is 0.750 bits per heavy atom. The van der Waals surface area contributed by atoms with Crippen LogP contribution in [0.1, 0.15) is 77.6 Å². The van der Waals surface area contributed by atoms with Gasteiger partial charge in [0, 0.05) is 0 Å². The number of phosphoric acid groups is 1. The molecule has 0 aromatic carbocycles. The lowest BCUT2D eigenvalue weighted by atomic mass is 10.1. The van der Waals surface area contributed by atoms with Crippen molar-refractivity contribution in [3.8, 4) is 0 Å². The highest BCUT2D eigenvalue weighted by Crippen LogP contribution is 2.43. The van der Waals surface area contributed by atoms with Gasteiger partial charge in [-0.3, -0.25) is 9.05 Å². The Morgan fingerprint density at radius 2 is 1.25 bits per heavy atom. The molecule has 0 radical (unpaired) electrons. The van der Waals surface area contributed by atoms with Crippen molar-refractivity contribution in [2.45, 2.75) is 89.8 Å². The average Bonchev–Trinajstić information content (AvgIpc) is 2.80. The van der Waals surface area contributed by atoms with Gasteiger partial charge >= 0.3 is 7.82 Å². The van der Waals surface area contributed by atoms with Crippen LogP contribution < -0.4 is 0 Å². The van der Waals surface area contributed by atoms with Crippen molar-refractivity contribution in [3.05, 3.63) is 48.6 Å². The first-order chi connectivity index (χ1) is 17.1. The van der Waals surface area contributed by atoms with Crippen LogP contribution in [0.5, 0.6) is 0 Å². The minimum absolute atomic E-state index is 0.0629. The molecule has 0 spiro atoms. The van der Waals surface area contributed by atoms with Gasteiger partial charge in [-0.15, -0.1) is 0 Å². The molecule has 0 amide bonds. The minimum Gasteiger partial charge on any atom is -0.390 e. The van der Waals surface area contributed by atoms with Gasteiger partial charge in [0.05, 0.1) is 33.9 Å². The van der Waals surface area contributed by atoms with Crippen LogP contribution in [0.4, 0.5) is 0 Å². The number of rotatable bonds is 23. The maximum atomic E-state index is 11.9. The Morgan fingerprint density at radius 3 is 1.75 bits per heavy atom. The van der Waals surface area contributed by atoms with Crippen molar-refractivity contribution in [3.63, 3.8) is 0 Å². The molecule has 3 N–H and O–H groups in total. The quantitative estimate of drug-likeness (QED) is 0.0641. The van der Waals surface area contributed by atoms with Crippen LogP contribution >= 0.6 is 7.82 Å². The van der Waals surface area contributed by atoms with Gasteiger partial charge in [-0.05, 0) is 51.4 Å². The van der Waals surface area contributed by atoms with E-state index in [1.165, 1.54) is 25.7 Å². The predicted octanol–water partition coefficient (Wildman–Crippen LogP) is 6.08. The molecule has 8 heteroatoms. The molecule has 0 saturated carbocycles. The molecule has 0 aromatic rings. The van der Waals surface area contributed by atoms with Crippen molar-refractivity contribution < 1.29 is 33.2 Å². The number of likely N-dealkylation sites (N-methyl/N-ethyl adjacent to an activating group) is 1. The van der Waals surface area contributed by atoms with E-state index in [9.17, 15) is 19.7 Å². The van der Waals surface area contributed by atoms with E-state index in [0.29, 0.717) is 17.4 Å². The summed E-state index contributed by atoms with van der Waals surface area (Å²) in [5.41, 5.74) is 0. The number of phosphoric ester groups is 1. The number of nitrogens with zero attached hydrogens (tertiary/aromatic N) is 1. The molecule has 0 heterocycles. The maximum absolute atomic E-state index is 11.9. The molecule has 0 aliphatic rings. The zero-order valence-corrected chi connectivity index (χ0v) is 24.0. The molecule has 0 fully saturated rings. The maximum Gasteiger partial charge on any atom is 0.472 e. The van der Waals surface area contributed by atoms with Crippen molar-refractivity contribution in [1.29, 1.82) is 0 Å². The molecular weight excluding hydrogens is 477 g/mol. The van der Waals surface area contributed by atoms with E-state index in [0.717, 1.165) is 38.5 Å². The smallest absolute Gasteiger partial charge is 0.390 e. The summed E-state index contributed by atoms with van der Waals surface area (Å²) in [4.78, 5) is 9.67. The third-order valence-electron chi connectivity index (χ3n) is 5.45. The number of hydrogen-bond donors (Lipinski definition) is 3. The molecule has 0 aliphatic heterocycles. The fourth-order valence-corrected chi connectivity index (χ4v) is 3.85. The second-order valence-corrected chi connectivity index (χ2v) is 11.6. The Hall–Kier alpha value is -1.05. The number of quaternary nitrogens is 1. The Balaban J connectivity index is 3.78. The van der Waals surface area contributed by atoms with E-state index >= 15 is 0 Å². The molecule has 210 valence electrons. The zero-order valence-electron chi connectivity index (χ0n) is 23.1. The van der Waals surface area contributed by atoms with Crippen molar-refractivity contribution in [2.24, 2.45) is 0 Å². The Bertz CT molecular complexity index is 684. The fraction of sp³-hybridized carbons (Fsp3) is 0.714. The van der Waals surface area contributed by atoms with Crippen LogP contribution in [0.15, 0.2) is 48.6 Å². The van der Waals surface area contributed by atoms with E-state index in [2.05, 4.69) is 55.5 Å². The van der Waals surface area contributed by atoms with Crippen molar-refractivity contribution in [2.75, 3.05) is 40.9 Å². The molecular formula is C28H53NO6P+. The first kappa shape index (κ1) is 35.0. The van der Waals surface area contributed by atoms with Crippen LogP contribution in [0.3, 0.4) is 0 Å². The van der Waals surface area contributed by atoms with Gasteiger partial charge in [-0.25, -0.2) is 4.57 Å². The number of allylic oxidation sites excluding steroid dienone is 8. The zero-order chi connectivity index (χ0) is 27.1. The first-order valence-corrected chi connectivity index (χ1v) is 15.0. The van der Waals surface area contributed by atoms with Crippen LogP contribution in [-0.2, 0) is 13.6 Å². The summed E-state index contributed by atoms with van der Waals surface area (Å²) in [6.07, 6.45) is 26.1. The second kappa shape index (κ2) is 22.0. The lowest BCUT2D eigenvalue weighted by Gasteiger charge is -2.24. The number of aliphatic hydroxyl groups is 2. The highest BCUT2D eigenvalue weighted by molar-refractivity contribution is 7.47. The highest BCUT2D eigenvalue weighted by atomic mass is 31.2. The topological polar surface area (TPSA) is 96.2 Å². The Kier molecular flexibility index (Phi) is 21.3. The van der Waals surface area contributed by atoms with Gasteiger partial charge in [0.25, 0.3) is 0 Å². The minimum atomic E-state index is -4.24. The summed E-state index contributed by atoms with van der Waals surface area (Å²) < 4.78 is 22.2. The first-order valence-electron chi connectivity index (χ1n) is 13.5. The number of aliphatic hydroxyl groups excluding tert-OH is 2. The highest BCUT2D eigenvalue weighted by Gasteiger charge is 2.26. The molecule has 0 rings (SSSR count). The lowest BCUT2D eigenvalue weighted by Crippen LogP contribution is -2.37. The van der Waals surface area contributed by atoms with Gasteiger partial charge in [0.2, 0.25) is 0 Å². The van der Waals surface area contributed by atoms with Gasteiger partial charge < -0.3 is 19.6 Å². The molecule has 0 bridgehead atoms. The van der Waals surface area contributed by atoms with Gasteiger partial charge in [-0.2, -0.15) is 0 Å². The summed E-state index contributed by atoms with van der Waals surface area (Å²) in [6, 6.07) is 0. The number of unbranched alkanes of at least 4 members (excludes halogenated alkanes) is 5. The van der Waals surface area contributed by atoms with Crippen molar-refractivity contribution >= 4 is 7.82 Å². The monoisotopic (exact) mass is 530 g/mol. The van der Waals surface area contributed by atoms with E-state index in [-0.39, 0.29) is 6.61 Å². The summed E-state index contributed by atoms with van der Waals surface area (Å²) in [5.74, 6) is 0. The molecule has 3 atom stereocenters.